The highest BCUT2D eigenvalue weighted by molar-refractivity contribution is 5.98. The van der Waals surface area contributed by atoms with Crippen LogP contribution in [-0.4, -0.2) is 25.7 Å². The van der Waals surface area contributed by atoms with Gasteiger partial charge in [-0.3, -0.25) is 4.79 Å². The first-order valence-corrected chi connectivity index (χ1v) is 7.86. The summed E-state index contributed by atoms with van der Waals surface area (Å²) >= 11 is 0. The lowest BCUT2D eigenvalue weighted by Gasteiger charge is -2.30. The molecule has 0 radical (unpaired) electrons. The number of anilines is 1. The first kappa shape index (κ1) is 13.1. The van der Waals surface area contributed by atoms with Crippen molar-refractivity contribution >= 4 is 11.6 Å². The molecule has 1 aromatic carbocycles. The maximum Gasteiger partial charge on any atom is 0.231 e. The number of methoxy groups -OCH3 is 1. The van der Waals surface area contributed by atoms with Gasteiger partial charge in [0, 0.05) is 18.7 Å². The molecule has 0 spiro atoms. The lowest BCUT2D eigenvalue weighted by molar-refractivity contribution is -0.123. The van der Waals surface area contributed by atoms with Crippen LogP contribution in [0.15, 0.2) is 36.4 Å². The topological polar surface area (TPSA) is 29.5 Å². The molecule has 0 saturated heterocycles. The Morgan fingerprint density at radius 3 is 2.86 bits per heavy atom. The molecule has 1 saturated carbocycles. The average molecular weight is 283 g/mol. The van der Waals surface area contributed by atoms with Gasteiger partial charge in [-0.1, -0.05) is 30.4 Å². The number of hydrogen-bond donors (Lipinski definition) is 0. The molecule has 110 valence electrons. The molecule has 1 amide bonds. The van der Waals surface area contributed by atoms with E-state index < -0.39 is 0 Å². The number of amides is 1. The first-order chi connectivity index (χ1) is 10.3. The second-order valence-corrected chi connectivity index (χ2v) is 6.54. The fourth-order valence-electron chi connectivity index (χ4n) is 4.33. The molecule has 4 atom stereocenters. The van der Waals surface area contributed by atoms with Crippen LogP contribution in [0.25, 0.3) is 0 Å². The average Bonchev–Trinajstić information content (AvgIpc) is 3.20. The predicted octanol–water partition coefficient (Wildman–Crippen LogP) is 2.80. The molecule has 1 aromatic rings. The highest BCUT2D eigenvalue weighted by Gasteiger charge is 2.44. The zero-order valence-corrected chi connectivity index (χ0v) is 12.4. The molecule has 3 nitrogen and oxygen atoms in total. The van der Waals surface area contributed by atoms with Crippen LogP contribution in [0.2, 0.25) is 0 Å². The van der Waals surface area contributed by atoms with Gasteiger partial charge in [0.2, 0.25) is 5.91 Å². The Bertz CT molecular complexity index is 595. The quantitative estimate of drug-likeness (QED) is 0.798. The summed E-state index contributed by atoms with van der Waals surface area (Å²) in [5.74, 6) is 1.56. The minimum Gasteiger partial charge on any atom is -0.383 e. The SMILES string of the molecule is COC[C@@H]1Cc2ccccc2N1C(=O)[C@H]1C[C@H]2C=C[C@@H]1C2. The number of rotatable bonds is 3. The number of hydrogen-bond acceptors (Lipinski definition) is 2. The van der Waals surface area contributed by atoms with Crippen molar-refractivity contribution in [3.63, 3.8) is 0 Å². The molecule has 3 aliphatic rings. The highest BCUT2D eigenvalue weighted by Crippen LogP contribution is 2.46. The molecule has 0 aromatic heterocycles. The summed E-state index contributed by atoms with van der Waals surface area (Å²) in [6, 6.07) is 8.44. The Balaban J connectivity index is 1.64. The van der Waals surface area contributed by atoms with Gasteiger partial charge < -0.3 is 9.64 Å². The van der Waals surface area contributed by atoms with Crippen LogP contribution < -0.4 is 4.90 Å². The number of allylic oxidation sites excluding steroid dienone is 2. The molecule has 1 heterocycles. The second-order valence-electron chi connectivity index (χ2n) is 6.54. The Labute approximate surface area is 125 Å². The molecule has 4 rings (SSSR count). The Morgan fingerprint density at radius 1 is 1.29 bits per heavy atom. The first-order valence-electron chi connectivity index (χ1n) is 7.86. The third kappa shape index (κ3) is 2.03. The lowest BCUT2D eigenvalue weighted by atomic mass is 9.92. The van der Waals surface area contributed by atoms with Crippen molar-refractivity contribution in [2.45, 2.75) is 25.3 Å². The number of para-hydroxylation sites is 1. The Kier molecular flexibility index (Phi) is 3.11. The fraction of sp³-hybridized carbons (Fsp3) is 0.500. The number of ether oxygens (including phenoxy) is 1. The van der Waals surface area contributed by atoms with Gasteiger partial charge in [0.1, 0.15) is 0 Å². The molecule has 0 N–H and O–H groups in total. The summed E-state index contributed by atoms with van der Waals surface area (Å²) in [6.07, 6.45) is 7.65. The van der Waals surface area contributed by atoms with Crippen molar-refractivity contribution in [2.75, 3.05) is 18.6 Å². The normalized spacial score (nSPS) is 32.7. The molecule has 21 heavy (non-hydrogen) atoms. The summed E-state index contributed by atoms with van der Waals surface area (Å²) in [4.78, 5) is 15.1. The van der Waals surface area contributed by atoms with Crippen molar-refractivity contribution in [1.82, 2.24) is 0 Å². The van der Waals surface area contributed by atoms with E-state index in [1.165, 1.54) is 12.0 Å². The molecule has 2 aliphatic carbocycles. The van der Waals surface area contributed by atoms with Gasteiger partial charge in [-0.05, 0) is 42.7 Å². The van der Waals surface area contributed by atoms with Gasteiger partial charge in [-0.15, -0.1) is 0 Å². The van der Waals surface area contributed by atoms with E-state index in [0.717, 1.165) is 18.5 Å². The van der Waals surface area contributed by atoms with Crippen LogP contribution in [0.4, 0.5) is 5.69 Å². The maximum atomic E-state index is 13.1. The third-order valence-corrected chi connectivity index (χ3v) is 5.26. The van der Waals surface area contributed by atoms with E-state index in [1.807, 2.05) is 11.0 Å². The van der Waals surface area contributed by atoms with Crippen LogP contribution in [0, 0.1) is 17.8 Å². The number of carbonyl (C=O) groups excluding carboxylic acids is 1. The van der Waals surface area contributed by atoms with Crippen LogP contribution in [0.5, 0.6) is 0 Å². The zero-order chi connectivity index (χ0) is 14.4. The van der Waals surface area contributed by atoms with Gasteiger partial charge in [0.15, 0.2) is 0 Å². The van der Waals surface area contributed by atoms with Crippen molar-refractivity contribution in [2.24, 2.45) is 17.8 Å². The summed E-state index contributed by atoms with van der Waals surface area (Å²) in [7, 11) is 1.71. The maximum absolute atomic E-state index is 13.1. The van der Waals surface area contributed by atoms with Crippen molar-refractivity contribution in [3.8, 4) is 0 Å². The number of fused-ring (bicyclic) bond motifs is 3. The van der Waals surface area contributed by atoms with Crippen molar-refractivity contribution < 1.29 is 9.53 Å². The molecule has 1 aliphatic heterocycles. The standard InChI is InChI=1S/C18H21NO2/c1-21-11-15-10-14-4-2-3-5-17(14)19(15)18(20)16-9-12-6-7-13(16)8-12/h2-7,12-13,15-16H,8-11H2,1H3/t12-,13+,15-,16-/m0/s1. The predicted molar refractivity (Wildman–Crippen MR) is 82.1 cm³/mol. The summed E-state index contributed by atoms with van der Waals surface area (Å²) in [5, 5.41) is 0. The van der Waals surface area contributed by atoms with Crippen LogP contribution >= 0.6 is 0 Å². The highest BCUT2D eigenvalue weighted by atomic mass is 16.5. The van der Waals surface area contributed by atoms with Crippen molar-refractivity contribution in [3.05, 3.63) is 42.0 Å². The number of benzene rings is 1. The second kappa shape index (κ2) is 4.99. The molecular formula is C18H21NO2. The molecule has 1 fully saturated rings. The van der Waals surface area contributed by atoms with Gasteiger partial charge in [-0.2, -0.15) is 0 Å². The summed E-state index contributed by atoms with van der Waals surface area (Å²) in [5.41, 5.74) is 2.36. The molecule has 3 heteroatoms. The van der Waals surface area contributed by atoms with Crippen LogP contribution in [0.1, 0.15) is 18.4 Å². The minimum atomic E-state index is 0.156. The van der Waals surface area contributed by atoms with E-state index in [9.17, 15) is 4.79 Å². The number of nitrogens with zero attached hydrogens (tertiary/aromatic N) is 1. The van der Waals surface area contributed by atoms with Gasteiger partial charge in [-0.25, -0.2) is 0 Å². The van der Waals surface area contributed by atoms with Gasteiger partial charge in [0.05, 0.1) is 12.6 Å². The van der Waals surface area contributed by atoms with Crippen LogP contribution in [0.3, 0.4) is 0 Å². The van der Waals surface area contributed by atoms with E-state index in [0.29, 0.717) is 24.3 Å². The Hall–Kier alpha value is -1.61. The van der Waals surface area contributed by atoms with Crippen LogP contribution in [-0.2, 0) is 16.0 Å². The molecule has 0 unspecified atom stereocenters. The van der Waals surface area contributed by atoms with E-state index in [2.05, 4.69) is 30.4 Å². The minimum absolute atomic E-state index is 0.156. The van der Waals surface area contributed by atoms with E-state index >= 15 is 0 Å². The van der Waals surface area contributed by atoms with E-state index in [-0.39, 0.29) is 12.0 Å². The smallest absolute Gasteiger partial charge is 0.231 e. The van der Waals surface area contributed by atoms with E-state index in [4.69, 9.17) is 4.74 Å². The van der Waals surface area contributed by atoms with Gasteiger partial charge in [0.25, 0.3) is 0 Å². The number of carbonyl (C=O) groups is 1. The Morgan fingerprint density at radius 2 is 2.14 bits per heavy atom. The van der Waals surface area contributed by atoms with Gasteiger partial charge >= 0.3 is 0 Å². The van der Waals surface area contributed by atoms with E-state index in [1.54, 1.807) is 7.11 Å². The fourth-order valence-corrected chi connectivity index (χ4v) is 4.33. The molecule has 2 bridgehead atoms. The largest absolute Gasteiger partial charge is 0.383 e. The zero-order valence-electron chi connectivity index (χ0n) is 12.4. The monoisotopic (exact) mass is 283 g/mol. The van der Waals surface area contributed by atoms with Crippen molar-refractivity contribution in [1.29, 1.82) is 0 Å². The summed E-state index contributed by atoms with van der Waals surface area (Å²) < 4.78 is 5.35. The third-order valence-electron chi connectivity index (χ3n) is 5.26. The lowest BCUT2D eigenvalue weighted by Crippen LogP contribution is -2.44. The molecular weight excluding hydrogens is 262 g/mol. The summed E-state index contributed by atoms with van der Waals surface area (Å²) in [6.45, 7) is 0.608.